The molecule has 18 heavy (non-hydrogen) atoms. The normalized spacial score (nSPS) is 10.6. The molecule has 0 saturated carbocycles. The number of rotatable bonds is 4. The number of carbonyl (C=O) groups excluding carboxylic acids is 1. The van der Waals surface area contributed by atoms with Crippen molar-refractivity contribution in [1.82, 2.24) is 14.8 Å². The molecule has 0 saturated heterocycles. The molecule has 2 aromatic rings. The minimum absolute atomic E-state index is 0.0213. The minimum atomic E-state index is -0.0213. The lowest BCUT2D eigenvalue weighted by atomic mass is 10.2. The molecule has 0 aliphatic heterocycles. The Hall–Kier alpha value is -1.97. The molecule has 2 aromatic heterocycles. The molecule has 0 aromatic carbocycles. The standard InChI is InChI=1S/C14H17N3O/c1-4-11-8-12(5-2)17(16-11)13-6-7-14(10(3)18)15-9-13/h6-9H,4-5H2,1-3H3. The number of nitrogens with zero attached hydrogens (tertiary/aromatic N) is 3. The van der Waals surface area contributed by atoms with Gasteiger partial charge in [-0.15, -0.1) is 0 Å². The topological polar surface area (TPSA) is 47.8 Å². The van der Waals surface area contributed by atoms with E-state index in [0.29, 0.717) is 5.69 Å². The molecule has 2 rings (SSSR count). The molecule has 0 atom stereocenters. The van der Waals surface area contributed by atoms with Gasteiger partial charge in [0, 0.05) is 12.6 Å². The van der Waals surface area contributed by atoms with Crippen LogP contribution in [-0.4, -0.2) is 20.5 Å². The molecular weight excluding hydrogens is 226 g/mol. The Morgan fingerprint density at radius 1 is 1.28 bits per heavy atom. The van der Waals surface area contributed by atoms with Crippen molar-refractivity contribution < 1.29 is 4.79 Å². The van der Waals surface area contributed by atoms with Crippen LogP contribution in [0.2, 0.25) is 0 Å². The van der Waals surface area contributed by atoms with E-state index in [4.69, 9.17) is 0 Å². The molecule has 0 aliphatic rings. The molecule has 0 fully saturated rings. The van der Waals surface area contributed by atoms with Crippen LogP contribution in [0.1, 0.15) is 42.6 Å². The molecular formula is C14H17N3O. The van der Waals surface area contributed by atoms with Gasteiger partial charge in [0.25, 0.3) is 0 Å². The average Bonchev–Trinajstić information content (AvgIpc) is 2.82. The lowest BCUT2D eigenvalue weighted by Gasteiger charge is -2.05. The van der Waals surface area contributed by atoms with Crippen LogP contribution in [-0.2, 0) is 12.8 Å². The van der Waals surface area contributed by atoms with Gasteiger partial charge < -0.3 is 0 Å². The smallest absolute Gasteiger partial charge is 0.178 e. The second-order valence-electron chi connectivity index (χ2n) is 4.20. The lowest BCUT2D eigenvalue weighted by Crippen LogP contribution is -2.04. The van der Waals surface area contributed by atoms with Crippen LogP contribution in [0.3, 0.4) is 0 Å². The summed E-state index contributed by atoms with van der Waals surface area (Å²) in [4.78, 5) is 15.3. The van der Waals surface area contributed by atoms with E-state index < -0.39 is 0 Å². The summed E-state index contributed by atoms with van der Waals surface area (Å²) in [5.41, 5.74) is 3.61. The Balaban J connectivity index is 2.41. The van der Waals surface area contributed by atoms with E-state index in [9.17, 15) is 4.79 Å². The molecule has 0 unspecified atom stereocenters. The summed E-state index contributed by atoms with van der Waals surface area (Å²) in [5.74, 6) is -0.0213. The van der Waals surface area contributed by atoms with Gasteiger partial charge in [0.2, 0.25) is 0 Å². The fraction of sp³-hybridized carbons (Fsp3) is 0.357. The van der Waals surface area contributed by atoms with Gasteiger partial charge in [-0.2, -0.15) is 5.10 Å². The van der Waals surface area contributed by atoms with Crippen molar-refractivity contribution in [2.75, 3.05) is 0 Å². The summed E-state index contributed by atoms with van der Waals surface area (Å²) in [6.45, 7) is 5.70. The van der Waals surface area contributed by atoms with E-state index in [1.165, 1.54) is 6.92 Å². The molecule has 0 N–H and O–H groups in total. The maximum atomic E-state index is 11.2. The molecule has 4 nitrogen and oxygen atoms in total. The first-order valence-corrected chi connectivity index (χ1v) is 6.20. The first-order chi connectivity index (χ1) is 8.65. The Kier molecular flexibility index (Phi) is 3.55. The largest absolute Gasteiger partial charge is 0.293 e. The zero-order valence-corrected chi connectivity index (χ0v) is 11.0. The third-order valence-electron chi connectivity index (χ3n) is 2.91. The number of hydrogen-bond acceptors (Lipinski definition) is 3. The van der Waals surface area contributed by atoms with E-state index in [1.54, 1.807) is 12.3 Å². The highest BCUT2D eigenvalue weighted by Gasteiger charge is 2.08. The van der Waals surface area contributed by atoms with Crippen molar-refractivity contribution in [3.63, 3.8) is 0 Å². The van der Waals surface area contributed by atoms with Crippen molar-refractivity contribution in [3.8, 4) is 5.69 Å². The first kappa shape index (κ1) is 12.5. The Morgan fingerprint density at radius 2 is 2.06 bits per heavy atom. The van der Waals surface area contributed by atoms with Crippen molar-refractivity contribution in [2.24, 2.45) is 0 Å². The Morgan fingerprint density at radius 3 is 2.56 bits per heavy atom. The highest BCUT2D eigenvalue weighted by atomic mass is 16.1. The Labute approximate surface area is 107 Å². The summed E-state index contributed by atoms with van der Waals surface area (Å²) >= 11 is 0. The summed E-state index contributed by atoms with van der Waals surface area (Å²) in [6.07, 6.45) is 3.53. The van der Waals surface area contributed by atoms with Crippen LogP contribution in [0.25, 0.3) is 5.69 Å². The molecule has 4 heteroatoms. The van der Waals surface area contributed by atoms with Gasteiger partial charge in [0.1, 0.15) is 5.69 Å². The highest BCUT2D eigenvalue weighted by molar-refractivity contribution is 5.92. The van der Waals surface area contributed by atoms with E-state index in [-0.39, 0.29) is 5.78 Å². The van der Waals surface area contributed by atoms with E-state index in [1.807, 2.05) is 10.7 Å². The van der Waals surface area contributed by atoms with Crippen LogP contribution < -0.4 is 0 Å². The molecule has 0 spiro atoms. The van der Waals surface area contributed by atoms with Crippen LogP contribution in [0, 0.1) is 0 Å². The highest BCUT2D eigenvalue weighted by Crippen LogP contribution is 2.13. The molecule has 0 amide bonds. The van der Waals surface area contributed by atoms with Gasteiger partial charge in [0.05, 0.1) is 17.6 Å². The molecule has 0 bridgehead atoms. The van der Waals surface area contributed by atoms with Crippen LogP contribution >= 0.6 is 0 Å². The van der Waals surface area contributed by atoms with Gasteiger partial charge >= 0.3 is 0 Å². The van der Waals surface area contributed by atoms with Gasteiger partial charge in [-0.05, 0) is 31.0 Å². The summed E-state index contributed by atoms with van der Waals surface area (Å²) in [5, 5.41) is 4.54. The summed E-state index contributed by atoms with van der Waals surface area (Å²) < 4.78 is 1.90. The SMILES string of the molecule is CCc1cc(CC)n(-c2ccc(C(C)=O)nc2)n1. The number of hydrogen-bond donors (Lipinski definition) is 0. The van der Waals surface area contributed by atoms with Crippen molar-refractivity contribution in [1.29, 1.82) is 0 Å². The average molecular weight is 243 g/mol. The van der Waals surface area contributed by atoms with Gasteiger partial charge in [-0.25, -0.2) is 4.68 Å². The fourth-order valence-electron chi connectivity index (χ4n) is 1.84. The number of carbonyl (C=O) groups is 1. The summed E-state index contributed by atoms with van der Waals surface area (Å²) in [7, 11) is 0. The van der Waals surface area contributed by atoms with Crippen LogP contribution in [0.4, 0.5) is 0 Å². The molecule has 0 radical (unpaired) electrons. The van der Waals surface area contributed by atoms with E-state index in [2.05, 4.69) is 30.0 Å². The second-order valence-corrected chi connectivity index (χ2v) is 4.20. The molecule has 2 heterocycles. The molecule has 0 aliphatic carbocycles. The van der Waals surface area contributed by atoms with Crippen LogP contribution in [0.15, 0.2) is 24.4 Å². The third kappa shape index (κ3) is 2.32. The van der Waals surface area contributed by atoms with E-state index in [0.717, 1.165) is 29.9 Å². The fourth-order valence-corrected chi connectivity index (χ4v) is 1.84. The lowest BCUT2D eigenvalue weighted by molar-refractivity contribution is 0.101. The maximum Gasteiger partial charge on any atom is 0.178 e. The maximum absolute atomic E-state index is 11.2. The second kappa shape index (κ2) is 5.12. The van der Waals surface area contributed by atoms with Gasteiger partial charge in [0.15, 0.2) is 5.78 Å². The monoisotopic (exact) mass is 243 g/mol. The quantitative estimate of drug-likeness (QED) is 0.775. The predicted molar refractivity (Wildman–Crippen MR) is 70.1 cm³/mol. The van der Waals surface area contributed by atoms with Gasteiger partial charge in [-0.3, -0.25) is 9.78 Å². The first-order valence-electron chi connectivity index (χ1n) is 6.20. The van der Waals surface area contributed by atoms with E-state index >= 15 is 0 Å². The third-order valence-corrected chi connectivity index (χ3v) is 2.91. The number of aryl methyl sites for hydroxylation is 2. The minimum Gasteiger partial charge on any atom is -0.293 e. The Bertz CT molecular complexity index is 555. The number of Topliss-reactive ketones (excluding diaryl/α,β-unsaturated/α-hetero) is 1. The van der Waals surface area contributed by atoms with Crippen molar-refractivity contribution in [3.05, 3.63) is 41.5 Å². The predicted octanol–water partition coefficient (Wildman–Crippen LogP) is 2.59. The number of ketones is 1. The zero-order chi connectivity index (χ0) is 13.1. The van der Waals surface area contributed by atoms with Crippen LogP contribution in [0.5, 0.6) is 0 Å². The van der Waals surface area contributed by atoms with Crippen molar-refractivity contribution >= 4 is 5.78 Å². The zero-order valence-electron chi connectivity index (χ0n) is 11.0. The number of pyridine rings is 1. The summed E-state index contributed by atoms with van der Waals surface area (Å²) in [6, 6.07) is 5.73. The number of aromatic nitrogens is 3. The van der Waals surface area contributed by atoms with Gasteiger partial charge in [-0.1, -0.05) is 13.8 Å². The molecule has 94 valence electrons. The van der Waals surface area contributed by atoms with Crippen molar-refractivity contribution in [2.45, 2.75) is 33.6 Å².